The molecule has 1 unspecified atom stereocenters. The molecule has 0 saturated carbocycles. The lowest BCUT2D eigenvalue weighted by Crippen LogP contribution is -2.51. The lowest BCUT2D eigenvalue weighted by Gasteiger charge is -2.26. The van der Waals surface area contributed by atoms with E-state index in [0.717, 1.165) is 21.7 Å². The second-order valence-electron chi connectivity index (χ2n) is 8.02. The van der Waals surface area contributed by atoms with Crippen LogP contribution in [0.25, 0.3) is 5.69 Å². The summed E-state index contributed by atoms with van der Waals surface area (Å²) in [6, 6.07) is 3.47. The molecule has 2 aliphatic heterocycles. The number of carbonyl (C=O) groups excluding carboxylic acids is 2. The van der Waals surface area contributed by atoms with E-state index in [1.54, 1.807) is 4.68 Å². The predicted molar refractivity (Wildman–Crippen MR) is 104 cm³/mol. The summed E-state index contributed by atoms with van der Waals surface area (Å²) in [4.78, 5) is 30.5. The summed E-state index contributed by atoms with van der Waals surface area (Å²) in [5.41, 5.74) is 2.47. The smallest absolute Gasteiger partial charge is 0.262 e. The van der Waals surface area contributed by atoms with Crippen molar-refractivity contribution in [3.05, 3.63) is 42.0 Å². The lowest BCUT2D eigenvalue weighted by atomic mass is 10.1. The van der Waals surface area contributed by atoms with E-state index >= 15 is 0 Å². The largest absolute Gasteiger partial charge is 0.350 e. The molecule has 0 spiro atoms. The first-order valence-corrected chi connectivity index (χ1v) is 10.0. The average Bonchev–Trinajstić information content (AvgIpc) is 3.45. The standard InChI is InChI=1S/C20H23F3N6O2/c1-12-2-3-16(29-11-24-10-27-29)13(4-12)7-25-18(30)17-5-14(21)8-28(17)19(31)15-6-20(22,23)9-26-15/h2-4,10-11,14-15,17,26H,5-9H2,1H3,(H,25,30)/t14-,15-,17?/m1/s1. The van der Waals surface area contributed by atoms with Crippen molar-refractivity contribution in [2.75, 3.05) is 13.1 Å². The quantitative estimate of drug-likeness (QED) is 0.733. The summed E-state index contributed by atoms with van der Waals surface area (Å²) in [6.45, 7) is 1.15. The van der Waals surface area contributed by atoms with Gasteiger partial charge in [0.05, 0.1) is 24.8 Å². The Morgan fingerprint density at radius 3 is 2.84 bits per heavy atom. The Morgan fingerprint density at radius 2 is 2.16 bits per heavy atom. The number of carbonyl (C=O) groups is 2. The number of nitrogens with one attached hydrogen (secondary N) is 2. The van der Waals surface area contributed by atoms with Gasteiger partial charge in [-0.1, -0.05) is 17.7 Å². The van der Waals surface area contributed by atoms with Gasteiger partial charge in [-0.2, -0.15) is 5.10 Å². The van der Waals surface area contributed by atoms with Crippen molar-refractivity contribution in [3.8, 4) is 5.69 Å². The fourth-order valence-corrected chi connectivity index (χ4v) is 4.08. The van der Waals surface area contributed by atoms with E-state index in [-0.39, 0.29) is 19.5 Å². The van der Waals surface area contributed by atoms with Gasteiger partial charge >= 0.3 is 0 Å². The van der Waals surface area contributed by atoms with Crippen LogP contribution >= 0.6 is 0 Å². The van der Waals surface area contributed by atoms with Crippen LogP contribution < -0.4 is 10.6 Å². The monoisotopic (exact) mass is 436 g/mol. The number of hydrogen-bond acceptors (Lipinski definition) is 5. The number of halogens is 3. The van der Waals surface area contributed by atoms with Crippen LogP contribution in [0.15, 0.2) is 30.9 Å². The Kier molecular flexibility index (Phi) is 5.69. The fraction of sp³-hybridized carbons (Fsp3) is 0.500. The van der Waals surface area contributed by atoms with E-state index < -0.39 is 49.0 Å². The topological polar surface area (TPSA) is 92.2 Å². The summed E-state index contributed by atoms with van der Waals surface area (Å²) in [5, 5.41) is 9.33. The molecule has 0 aliphatic carbocycles. The summed E-state index contributed by atoms with van der Waals surface area (Å²) >= 11 is 0. The summed E-state index contributed by atoms with van der Waals surface area (Å²) < 4.78 is 42.6. The Bertz CT molecular complexity index is 968. The highest BCUT2D eigenvalue weighted by Gasteiger charge is 2.47. The molecule has 0 bridgehead atoms. The third-order valence-electron chi connectivity index (χ3n) is 5.60. The van der Waals surface area contributed by atoms with Gasteiger partial charge in [0.25, 0.3) is 5.92 Å². The molecule has 2 aromatic rings. The first kappa shape index (κ1) is 21.3. The minimum Gasteiger partial charge on any atom is -0.350 e. The first-order valence-electron chi connectivity index (χ1n) is 10.0. The number of aryl methyl sites for hydroxylation is 1. The molecule has 8 nitrogen and oxygen atoms in total. The number of nitrogens with zero attached hydrogens (tertiary/aromatic N) is 4. The molecule has 31 heavy (non-hydrogen) atoms. The minimum absolute atomic E-state index is 0.130. The molecule has 4 rings (SSSR count). The van der Waals surface area contributed by atoms with Crippen LogP contribution in [-0.2, 0) is 16.1 Å². The molecule has 2 amide bonds. The minimum atomic E-state index is -2.99. The van der Waals surface area contributed by atoms with Crippen LogP contribution in [0.5, 0.6) is 0 Å². The SMILES string of the molecule is Cc1ccc(-n2cncn2)c(CNC(=O)C2C[C@@H](F)CN2C(=O)[C@H]2CC(F)(F)CN2)c1. The van der Waals surface area contributed by atoms with Crippen molar-refractivity contribution in [1.29, 1.82) is 0 Å². The van der Waals surface area contributed by atoms with Crippen LogP contribution in [0, 0.1) is 6.92 Å². The van der Waals surface area contributed by atoms with Gasteiger partial charge in [-0.25, -0.2) is 22.8 Å². The summed E-state index contributed by atoms with van der Waals surface area (Å²) in [6.07, 6.45) is 0.728. The van der Waals surface area contributed by atoms with Crippen LogP contribution in [0.3, 0.4) is 0 Å². The number of amides is 2. The Labute approximate surface area is 176 Å². The molecule has 11 heteroatoms. The second kappa shape index (κ2) is 8.29. The van der Waals surface area contributed by atoms with Crippen molar-refractivity contribution in [3.63, 3.8) is 0 Å². The fourth-order valence-electron chi connectivity index (χ4n) is 4.08. The predicted octanol–water partition coefficient (Wildman–Crippen LogP) is 1.13. The maximum atomic E-state index is 14.1. The molecule has 2 aliphatic rings. The molecule has 2 N–H and O–H groups in total. The molecule has 1 aromatic carbocycles. The van der Waals surface area contributed by atoms with Crippen LogP contribution in [0.1, 0.15) is 24.0 Å². The second-order valence-corrected chi connectivity index (χ2v) is 8.02. The van der Waals surface area contributed by atoms with E-state index in [4.69, 9.17) is 0 Å². The number of aromatic nitrogens is 3. The van der Waals surface area contributed by atoms with Gasteiger partial charge in [-0.3, -0.25) is 14.9 Å². The molecule has 2 fully saturated rings. The van der Waals surface area contributed by atoms with Gasteiger partial charge in [-0.05, 0) is 18.6 Å². The third kappa shape index (κ3) is 4.55. The molecule has 0 radical (unpaired) electrons. The Balaban J connectivity index is 1.46. The molecular weight excluding hydrogens is 413 g/mol. The number of likely N-dealkylation sites (tertiary alicyclic amines) is 1. The van der Waals surface area contributed by atoms with Crippen molar-refractivity contribution in [1.82, 2.24) is 30.3 Å². The van der Waals surface area contributed by atoms with Gasteiger partial charge in [0.1, 0.15) is 24.9 Å². The number of benzene rings is 1. The van der Waals surface area contributed by atoms with E-state index in [1.165, 1.54) is 12.7 Å². The van der Waals surface area contributed by atoms with Crippen molar-refractivity contribution < 1.29 is 22.8 Å². The number of rotatable bonds is 5. The van der Waals surface area contributed by atoms with Gasteiger partial charge < -0.3 is 10.2 Å². The van der Waals surface area contributed by atoms with E-state index in [9.17, 15) is 22.8 Å². The van der Waals surface area contributed by atoms with Crippen molar-refractivity contribution in [2.24, 2.45) is 0 Å². The molecule has 2 saturated heterocycles. The molecule has 1 aromatic heterocycles. The number of alkyl halides is 3. The Morgan fingerprint density at radius 1 is 1.35 bits per heavy atom. The van der Waals surface area contributed by atoms with Gasteiger partial charge in [0.2, 0.25) is 11.8 Å². The van der Waals surface area contributed by atoms with E-state index in [0.29, 0.717) is 0 Å². The average molecular weight is 436 g/mol. The van der Waals surface area contributed by atoms with Crippen molar-refractivity contribution >= 4 is 11.8 Å². The molecular formula is C20H23F3N6O2. The zero-order valence-corrected chi connectivity index (χ0v) is 16.9. The van der Waals surface area contributed by atoms with Crippen molar-refractivity contribution in [2.45, 2.75) is 50.5 Å². The van der Waals surface area contributed by atoms with Crippen LogP contribution in [-0.4, -0.2) is 68.7 Å². The normalized spacial score (nSPS) is 25.0. The molecule has 166 valence electrons. The summed E-state index contributed by atoms with van der Waals surface area (Å²) in [7, 11) is 0. The highest BCUT2D eigenvalue weighted by molar-refractivity contribution is 5.90. The third-order valence-corrected chi connectivity index (χ3v) is 5.60. The van der Waals surface area contributed by atoms with Crippen LogP contribution in [0.4, 0.5) is 13.2 Å². The summed E-state index contributed by atoms with van der Waals surface area (Å²) in [5.74, 6) is -4.18. The highest BCUT2D eigenvalue weighted by Crippen LogP contribution is 2.29. The number of hydrogen-bond donors (Lipinski definition) is 2. The molecule has 3 atom stereocenters. The van der Waals surface area contributed by atoms with E-state index in [2.05, 4.69) is 20.7 Å². The van der Waals surface area contributed by atoms with E-state index in [1.807, 2.05) is 25.1 Å². The maximum Gasteiger partial charge on any atom is 0.262 e. The van der Waals surface area contributed by atoms with Gasteiger partial charge in [0, 0.05) is 19.4 Å². The van der Waals surface area contributed by atoms with Gasteiger partial charge in [-0.15, -0.1) is 0 Å². The lowest BCUT2D eigenvalue weighted by molar-refractivity contribution is -0.140. The highest BCUT2D eigenvalue weighted by atomic mass is 19.3. The van der Waals surface area contributed by atoms with Gasteiger partial charge in [0.15, 0.2) is 0 Å². The first-order chi connectivity index (χ1) is 14.7. The zero-order valence-electron chi connectivity index (χ0n) is 16.9. The molecule has 3 heterocycles. The Hall–Kier alpha value is -2.95. The van der Waals surface area contributed by atoms with Crippen LogP contribution in [0.2, 0.25) is 0 Å². The maximum absolute atomic E-state index is 14.1. The zero-order chi connectivity index (χ0) is 22.2.